The normalized spacial score (nSPS) is 11.6. The number of Topliss-reactive ketones (excluding diaryl/α,β-unsaturated/α-hetero) is 1. The van der Waals surface area contributed by atoms with Gasteiger partial charge in [0.25, 0.3) is 5.78 Å². The first-order valence-corrected chi connectivity index (χ1v) is 5.12. The Morgan fingerprint density at radius 1 is 1.06 bits per heavy atom. The van der Waals surface area contributed by atoms with E-state index in [1.165, 1.54) is 12.1 Å². The fraction of sp³-hybridized carbons (Fsp3) is 0.417. The average molecular weight is 230 g/mol. The quantitative estimate of drug-likeness (QED) is 0.725. The maximum absolute atomic E-state index is 12.3. The van der Waals surface area contributed by atoms with Crippen molar-refractivity contribution in [1.82, 2.24) is 0 Å². The van der Waals surface area contributed by atoms with Crippen LogP contribution in [0.3, 0.4) is 0 Å². The third kappa shape index (κ3) is 2.84. The molecular weight excluding hydrogens is 217 g/mol. The van der Waals surface area contributed by atoms with Gasteiger partial charge in [0.15, 0.2) is 0 Å². The highest BCUT2D eigenvalue weighted by molar-refractivity contribution is 6.00. The minimum Gasteiger partial charge on any atom is -0.284 e. The van der Waals surface area contributed by atoms with Crippen LogP contribution in [-0.4, -0.2) is 12.0 Å². The first-order valence-electron chi connectivity index (χ1n) is 5.12. The van der Waals surface area contributed by atoms with Crippen molar-refractivity contribution in [2.24, 2.45) is 0 Å². The summed E-state index contributed by atoms with van der Waals surface area (Å²) in [6.07, 6.45) is -3.56. The van der Waals surface area contributed by atoms with Crippen LogP contribution < -0.4 is 0 Å². The first-order chi connectivity index (χ1) is 7.38. The fourth-order valence-corrected chi connectivity index (χ4v) is 1.47. The van der Waals surface area contributed by atoms with Gasteiger partial charge in [-0.1, -0.05) is 19.9 Å². The van der Waals surface area contributed by atoms with Crippen molar-refractivity contribution in [3.05, 3.63) is 34.9 Å². The van der Waals surface area contributed by atoms with E-state index < -0.39 is 12.0 Å². The number of rotatable bonds is 3. The molecule has 0 aliphatic rings. The summed E-state index contributed by atoms with van der Waals surface area (Å²) in [5.74, 6) is -1.77. The number of aryl methyl sites for hydroxylation is 2. The lowest BCUT2D eigenvalue weighted by atomic mass is 10.00. The maximum Gasteiger partial charge on any atom is 0.454 e. The van der Waals surface area contributed by atoms with Crippen LogP contribution in [0.4, 0.5) is 13.2 Å². The summed E-state index contributed by atoms with van der Waals surface area (Å²) in [5.41, 5.74) is 1.25. The van der Waals surface area contributed by atoms with Crippen molar-refractivity contribution in [1.29, 1.82) is 0 Å². The van der Waals surface area contributed by atoms with E-state index in [1.807, 2.05) is 19.9 Å². The summed E-state index contributed by atoms with van der Waals surface area (Å²) in [7, 11) is 0. The number of benzene rings is 1. The molecule has 0 radical (unpaired) electrons. The van der Waals surface area contributed by atoms with E-state index in [2.05, 4.69) is 0 Å². The molecule has 1 aromatic rings. The Morgan fingerprint density at radius 3 is 1.81 bits per heavy atom. The van der Waals surface area contributed by atoms with Gasteiger partial charge in [-0.15, -0.1) is 0 Å². The number of hydrogen-bond acceptors (Lipinski definition) is 1. The number of carbonyl (C=O) groups excluding carboxylic acids is 1. The van der Waals surface area contributed by atoms with Gasteiger partial charge in [-0.25, -0.2) is 0 Å². The van der Waals surface area contributed by atoms with Gasteiger partial charge in [-0.3, -0.25) is 4.79 Å². The second kappa shape index (κ2) is 4.68. The van der Waals surface area contributed by atoms with Crippen LogP contribution >= 0.6 is 0 Å². The molecule has 1 aromatic carbocycles. The van der Waals surface area contributed by atoms with Gasteiger partial charge in [-0.05, 0) is 36.1 Å². The molecule has 0 heterocycles. The average Bonchev–Trinajstić information content (AvgIpc) is 2.26. The molecule has 0 unspecified atom stereocenters. The molecule has 0 aromatic heterocycles. The topological polar surface area (TPSA) is 17.1 Å². The lowest BCUT2D eigenvalue weighted by Gasteiger charge is -2.09. The van der Waals surface area contributed by atoms with Gasteiger partial charge in [0.05, 0.1) is 0 Å². The third-order valence-electron chi connectivity index (χ3n) is 2.39. The highest BCUT2D eigenvalue weighted by atomic mass is 19.4. The summed E-state index contributed by atoms with van der Waals surface area (Å²) < 4.78 is 36.8. The molecule has 0 bridgehead atoms. The van der Waals surface area contributed by atoms with Crippen LogP contribution in [0.15, 0.2) is 18.2 Å². The summed E-state index contributed by atoms with van der Waals surface area (Å²) in [4.78, 5) is 11.1. The predicted octanol–water partition coefficient (Wildman–Crippen LogP) is 3.56. The van der Waals surface area contributed by atoms with E-state index in [1.54, 1.807) is 0 Å². The Bertz CT molecular complexity index is 371. The molecule has 4 heteroatoms. The van der Waals surface area contributed by atoms with Gasteiger partial charge in [0.2, 0.25) is 0 Å². The van der Waals surface area contributed by atoms with Gasteiger partial charge in [-0.2, -0.15) is 13.2 Å². The van der Waals surface area contributed by atoms with Crippen LogP contribution in [0.1, 0.15) is 35.3 Å². The van der Waals surface area contributed by atoms with E-state index in [-0.39, 0.29) is 5.56 Å². The second-order valence-electron chi connectivity index (χ2n) is 3.57. The molecule has 0 aliphatic carbocycles. The van der Waals surface area contributed by atoms with Crippen LogP contribution in [0.25, 0.3) is 0 Å². The van der Waals surface area contributed by atoms with Crippen molar-refractivity contribution in [3.8, 4) is 0 Å². The van der Waals surface area contributed by atoms with Crippen LogP contribution in [-0.2, 0) is 12.8 Å². The Hall–Kier alpha value is -1.32. The smallest absolute Gasteiger partial charge is 0.284 e. The Morgan fingerprint density at radius 2 is 1.50 bits per heavy atom. The molecule has 0 spiro atoms. The number of ketones is 1. The largest absolute Gasteiger partial charge is 0.454 e. The Kier molecular flexibility index (Phi) is 3.73. The minimum absolute atomic E-state index is 0.260. The van der Waals surface area contributed by atoms with Crippen molar-refractivity contribution in [2.75, 3.05) is 0 Å². The lowest BCUT2D eigenvalue weighted by molar-refractivity contribution is -0.0885. The van der Waals surface area contributed by atoms with E-state index in [0.717, 1.165) is 11.1 Å². The molecule has 0 amide bonds. The van der Waals surface area contributed by atoms with Crippen molar-refractivity contribution in [2.45, 2.75) is 32.9 Å². The monoisotopic (exact) mass is 230 g/mol. The minimum atomic E-state index is -4.79. The zero-order chi connectivity index (χ0) is 12.3. The molecule has 0 aliphatic heterocycles. The highest BCUT2D eigenvalue weighted by Gasteiger charge is 2.39. The molecule has 0 saturated heterocycles. The molecule has 0 atom stereocenters. The summed E-state index contributed by atoms with van der Waals surface area (Å²) in [6.45, 7) is 3.69. The van der Waals surface area contributed by atoms with Crippen LogP contribution in [0.5, 0.6) is 0 Å². The van der Waals surface area contributed by atoms with Crippen molar-refractivity contribution >= 4 is 5.78 Å². The number of carbonyl (C=O) groups is 1. The van der Waals surface area contributed by atoms with Crippen molar-refractivity contribution < 1.29 is 18.0 Å². The number of alkyl halides is 3. The second-order valence-corrected chi connectivity index (χ2v) is 3.57. The zero-order valence-corrected chi connectivity index (χ0v) is 9.19. The molecule has 1 rings (SSSR count). The number of hydrogen-bond donors (Lipinski definition) is 0. The molecule has 0 saturated carbocycles. The zero-order valence-electron chi connectivity index (χ0n) is 9.19. The van der Waals surface area contributed by atoms with Gasteiger partial charge in [0.1, 0.15) is 0 Å². The SMILES string of the molecule is CCc1cc(CC)cc(C(=O)C(F)(F)F)c1. The summed E-state index contributed by atoms with van der Waals surface area (Å²) in [6, 6.07) is 4.46. The molecule has 16 heavy (non-hydrogen) atoms. The van der Waals surface area contributed by atoms with Gasteiger partial charge < -0.3 is 0 Å². The fourth-order valence-electron chi connectivity index (χ4n) is 1.47. The van der Waals surface area contributed by atoms with Crippen LogP contribution in [0.2, 0.25) is 0 Å². The summed E-state index contributed by atoms with van der Waals surface area (Å²) >= 11 is 0. The summed E-state index contributed by atoms with van der Waals surface area (Å²) in [5, 5.41) is 0. The Balaban J connectivity index is 3.18. The van der Waals surface area contributed by atoms with Crippen molar-refractivity contribution in [3.63, 3.8) is 0 Å². The molecular formula is C12H13F3O. The molecule has 0 N–H and O–H groups in total. The van der Waals surface area contributed by atoms with E-state index in [0.29, 0.717) is 12.8 Å². The van der Waals surface area contributed by atoms with E-state index >= 15 is 0 Å². The molecule has 0 fully saturated rings. The first kappa shape index (κ1) is 12.7. The standard InChI is InChI=1S/C12H13F3O/c1-3-8-5-9(4-2)7-10(6-8)11(16)12(13,14)15/h5-7H,3-4H2,1-2H3. The third-order valence-corrected chi connectivity index (χ3v) is 2.39. The van der Waals surface area contributed by atoms with Crippen LogP contribution in [0, 0.1) is 0 Å². The van der Waals surface area contributed by atoms with Gasteiger partial charge in [0, 0.05) is 5.56 Å². The lowest BCUT2D eigenvalue weighted by Crippen LogP contribution is -2.23. The maximum atomic E-state index is 12.3. The molecule has 1 nitrogen and oxygen atoms in total. The predicted molar refractivity (Wildman–Crippen MR) is 55.6 cm³/mol. The highest BCUT2D eigenvalue weighted by Crippen LogP contribution is 2.23. The number of halogens is 3. The van der Waals surface area contributed by atoms with E-state index in [9.17, 15) is 18.0 Å². The van der Waals surface area contributed by atoms with E-state index in [4.69, 9.17) is 0 Å². The molecule has 88 valence electrons. The van der Waals surface area contributed by atoms with Gasteiger partial charge >= 0.3 is 6.18 Å². The Labute approximate surface area is 92.3 Å².